The van der Waals surface area contributed by atoms with E-state index in [1.54, 1.807) is 0 Å². The molecule has 1 saturated heterocycles. The van der Waals surface area contributed by atoms with Crippen LogP contribution < -0.4 is 5.32 Å². The van der Waals surface area contributed by atoms with Gasteiger partial charge in [0.1, 0.15) is 0 Å². The van der Waals surface area contributed by atoms with Gasteiger partial charge in [-0.15, -0.1) is 0 Å². The highest BCUT2D eigenvalue weighted by Gasteiger charge is 2.15. The van der Waals surface area contributed by atoms with Crippen molar-refractivity contribution in [1.29, 1.82) is 0 Å². The number of nitrogens with one attached hydrogen (secondary N) is 1. The zero-order chi connectivity index (χ0) is 12.0. The molecule has 1 rings (SSSR count). The third-order valence-electron chi connectivity index (χ3n) is 2.79. The quantitative estimate of drug-likeness (QED) is 0.406. The van der Waals surface area contributed by atoms with Crippen molar-refractivity contribution in [3.8, 4) is 0 Å². The second-order valence-corrected chi connectivity index (χ2v) is 4.15. The van der Waals surface area contributed by atoms with Gasteiger partial charge in [0.2, 0.25) is 0 Å². The van der Waals surface area contributed by atoms with Gasteiger partial charge in [-0.25, -0.2) is 19.9 Å². The van der Waals surface area contributed by atoms with Crippen LogP contribution in [0.15, 0.2) is 0 Å². The first-order valence-corrected chi connectivity index (χ1v) is 5.77. The molecule has 1 fully saturated rings. The van der Waals surface area contributed by atoms with Gasteiger partial charge in [0.25, 0.3) is 0 Å². The number of hydrogen-bond donors (Lipinski definition) is 2. The summed E-state index contributed by atoms with van der Waals surface area (Å²) in [5, 5.41) is 16.5. The predicted octanol–water partition coefficient (Wildman–Crippen LogP) is 0.350. The van der Waals surface area contributed by atoms with Gasteiger partial charge in [-0.1, -0.05) is 0 Å². The van der Waals surface area contributed by atoms with Crippen LogP contribution in [0.1, 0.15) is 19.3 Å². The van der Waals surface area contributed by atoms with Crippen molar-refractivity contribution in [2.45, 2.75) is 19.3 Å². The number of hydrazine groups is 1. The average molecular weight is 230 g/mol. The first kappa shape index (κ1) is 13.2. The fourth-order valence-corrected chi connectivity index (χ4v) is 1.80. The van der Waals surface area contributed by atoms with Gasteiger partial charge in [0.15, 0.2) is 0 Å². The normalized spacial score (nSPS) is 16.8. The smallest absolute Gasteiger partial charge is 0.336 e. The predicted molar refractivity (Wildman–Crippen MR) is 61.0 cm³/mol. The first-order valence-electron chi connectivity index (χ1n) is 5.77. The van der Waals surface area contributed by atoms with Gasteiger partial charge >= 0.3 is 6.03 Å². The number of carbonyl (C=O) groups excluding carboxylic acids is 1. The van der Waals surface area contributed by atoms with Crippen molar-refractivity contribution in [2.24, 2.45) is 0 Å². The Morgan fingerprint density at radius 3 is 2.56 bits per heavy atom. The molecule has 1 aliphatic heterocycles. The SMILES string of the molecule is CN(O)C(=O)NCCCN(C)N1CCCC1. The van der Waals surface area contributed by atoms with E-state index in [1.165, 1.54) is 19.9 Å². The number of amides is 2. The van der Waals surface area contributed by atoms with Crippen LogP contribution in [0.2, 0.25) is 0 Å². The highest BCUT2D eigenvalue weighted by Crippen LogP contribution is 2.09. The molecule has 0 aliphatic carbocycles. The molecule has 1 heterocycles. The lowest BCUT2D eigenvalue weighted by atomic mass is 10.4. The molecule has 6 nitrogen and oxygen atoms in total. The molecule has 0 atom stereocenters. The minimum absolute atomic E-state index is 0.455. The summed E-state index contributed by atoms with van der Waals surface area (Å²) in [5.74, 6) is 0. The van der Waals surface area contributed by atoms with Crippen molar-refractivity contribution in [1.82, 2.24) is 20.4 Å². The number of urea groups is 1. The summed E-state index contributed by atoms with van der Waals surface area (Å²) in [4.78, 5) is 11.0. The zero-order valence-electron chi connectivity index (χ0n) is 10.1. The molecule has 2 N–H and O–H groups in total. The van der Waals surface area contributed by atoms with E-state index < -0.39 is 6.03 Å². The number of carbonyl (C=O) groups is 1. The lowest BCUT2D eigenvalue weighted by Crippen LogP contribution is -2.40. The van der Waals surface area contributed by atoms with Gasteiger partial charge < -0.3 is 5.32 Å². The Balaban J connectivity index is 2.04. The minimum Gasteiger partial charge on any atom is -0.336 e. The van der Waals surface area contributed by atoms with E-state index in [4.69, 9.17) is 5.21 Å². The van der Waals surface area contributed by atoms with E-state index in [2.05, 4.69) is 22.4 Å². The summed E-state index contributed by atoms with van der Waals surface area (Å²) in [6.07, 6.45) is 3.43. The molecule has 0 aromatic heterocycles. The molecule has 0 aromatic rings. The second kappa shape index (κ2) is 6.67. The second-order valence-electron chi connectivity index (χ2n) is 4.15. The van der Waals surface area contributed by atoms with Gasteiger partial charge in [0, 0.05) is 40.3 Å². The number of nitrogens with zero attached hydrogens (tertiary/aromatic N) is 3. The molecule has 0 spiro atoms. The Kier molecular flexibility index (Phi) is 5.51. The average Bonchev–Trinajstić information content (AvgIpc) is 2.76. The molecule has 16 heavy (non-hydrogen) atoms. The van der Waals surface area contributed by atoms with Crippen LogP contribution >= 0.6 is 0 Å². The van der Waals surface area contributed by atoms with Gasteiger partial charge in [-0.05, 0) is 19.3 Å². The Labute approximate surface area is 96.7 Å². The molecule has 2 amide bonds. The summed E-state index contributed by atoms with van der Waals surface area (Å²) in [6, 6.07) is -0.455. The molecular weight excluding hydrogens is 208 g/mol. The topological polar surface area (TPSA) is 59.1 Å². The molecule has 0 unspecified atom stereocenters. The largest absolute Gasteiger partial charge is 0.340 e. The van der Waals surface area contributed by atoms with E-state index in [0.717, 1.165) is 26.1 Å². The Morgan fingerprint density at radius 1 is 1.38 bits per heavy atom. The minimum atomic E-state index is -0.455. The molecule has 0 saturated carbocycles. The van der Waals surface area contributed by atoms with Crippen LogP contribution in [0.3, 0.4) is 0 Å². The van der Waals surface area contributed by atoms with Crippen molar-refractivity contribution in [3.63, 3.8) is 0 Å². The molecule has 0 radical (unpaired) electrons. The number of hydrogen-bond acceptors (Lipinski definition) is 4. The zero-order valence-corrected chi connectivity index (χ0v) is 10.1. The van der Waals surface area contributed by atoms with Crippen LogP contribution in [0.25, 0.3) is 0 Å². The van der Waals surface area contributed by atoms with Crippen LogP contribution in [0.4, 0.5) is 4.79 Å². The van der Waals surface area contributed by atoms with Gasteiger partial charge in [-0.2, -0.15) is 0 Å². The highest BCUT2D eigenvalue weighted by atomic mass is 16.5. The Morgan fingerprint density at radius 2 is 2.00 bits per heavy atom. The van der Waals surface area contributed by atoms with Gasteiger partial charge in [0.05, 0.1) is 0 Å². The molecule has 94 valence electrons. The van der Waals surface area contributed by atoms with Crippen LogP contribution in [0, 0.1) is 0 Å². The summed E-state index contributed by atoms with van der Waals surface area (Å²) >= 11 is 0. The molecule has 1 aliphatic rings. The van der Waals surface area contributed by atoms with Crippen molar-refractivity contribution in [3.05, 3.63) is 0 Å². The van der Waals surface area contributed by atoms with E-state index in [0.29, 0.717) is 11.6 Å². The summed E-state index contributed by atoms with van der Waals surface area (Å²) < 4.78 is 0. The number of rotatable bonds is 5. The van der Waals surface area contributed by atoms with E-state index in [9.17, 15) is 4.79 Å². The summed E-state index contributed by atoms with van der Waals surface area (Å²) in [5.41, 5.74) is 0. The van der Waals surface area contributed by atoms with Crippen LogP contribution in [-0.4, -0.2) is 66.6 Å². The van der Waals surface area contributed by atoms with Crippen LogP contribution in [0.5, 0.6) is 0 Å². The van der Waals surface area contributed by atoms with Crippen molar-refractivity contribution < 1.29 is 10.0 Å². The van der Waals surface area contributed by atoms with E-state index in [1.807, 2.05) is 0 Å². The van der Waals surface area contributed by atoms with E-state index in [-0.39, 0.29) is 0 Å². The lowest BCUT2D eigenvalue weighted by Gasteiger charge is -2.27. The van der Waals surface area contributed by atoms with Crippen molar-refractivity contribution in [2.75, 3.05) is 40.3 Å². The highest BCUT2D eigenvalue weighted by molar-refractivity contribution is 5.72. The third kappa shape index (κ3) is 4.34. The summed E-state index contributed by atoms with van der Waals surface area (Å²) in [6.45, 7) is 3.79. The van der Waals surface area contributed by atoms with Gasteiger partial charge in [-0.3, -0.25) is 5.21 Å². The standard InChI is InChI=1S/C10H22N4O2/c1-12(14-8-3-4-9-14)7-5-6-11-10(15)13(2)16/h16H,3-9H2,1-2H3,(H,11,15). The maximum atomic E-state index is 11.0. The third-order valence-corrected chi connectivity index (χ3v) is 2.79. The summed E-state index contributed by atoms with van der Waals surface area (Å²) in [7, 11) is 3.39. The van der Waals surface area contributed by atoms with Crippen LogP contribution in [-0.2, 0) is 0 Å². The molecule has 0 bridgehead atoms. The molecule has 0 aromatic carbocycles. The first-order chi connectivity index (χ1) is 7.61. The fourth-order valence-electron chi connectivity index (χ4n) is 1.80. The maximum Gasteiger partial charge on any atom is 0.340 e. The Hall–Kier alpha value is -0.850. The number of hydroxylamine groups is 2. The lowest BCUT2D eigenvalue weighted by molar-refractivity contribution is -0.0186. The fraction of sp³-hybridized carbons (Fsp3) is 0.900. The van der Waals surface area contributed by atoms with E-state index >= 15 is 0 Å². The molecule has 6 heteroatoms. The Bertz CT molecular complexity index is 217. The maximum absolute atomic E-state index is 11.0. The molecular formula is C10H22N4O2. The monoisotopic (exact) mass is 230 g/mol. The van der Waals surface area contributed by atoms with Crippen molar-refractivity contribution >= 4 is 6.03 Å².